The minimum atomic E-state index is -0.941. The smallest absolute Gasteiger partial charge is 0.126 e. The summed E-state index contributed by atoms with van der Waals surface area (Å²) in [5.41, 5.74) is 0. The average molecular weight is 118 g/mol. The summed E-state index contributed by atoms with van der Waals surface area (Å²) < 4.78 is 12.3. The van der Waals surface area contributed by atoms with Gasteiger partial charge in [0.05, 0.1) is 6.10 Å². The first-order valence-corrected chi connectivity index (χ1v) is 3.13. The fourth-order valence-corrected chi connectivity index (χ4v) is 1.07. The van der Waals surface area contributed by atoms with Crippen LogP contribution in [0.2, 0.25) is 0 Å². The maximum absolute atomic E-state index is 12.3. The lowest BCUT2D eigenvalue weighted by Crippen LogP contribution is -2.25. The Hall–Kier alpha value is -0.110. The molecule has 0 aromatic rings. The Balaban J connectivity index is 2.28. The van der Waals surface area contributed by atoms with E-state index in [9.17, 15) is 4.39 Å². The minimum Gasteiger partial charge on any atom is -0.390 e. The van der Waals surface area contributed by atoms with Crippen LogP contribution in [0.1, 0.15) is 25.7 Å². The largest absolute Gasteiger partial charge is 0.390 e. The van der Waals surface area contributed by atoms with Crippen LogP contribution in [0.5, 0.6) is 0 Å². The molecule has 1 fully saturated rings. The van der Waals surface area contributed by atoms with Crippen LogP contribution in [-0.2, 0) is 0 Å². The molecule has 0 aliphatic heterocycles. The lowest BCUT2D eigenvalue weighted by atomic mass is 9.96. The van der Waals surface area contributed by atoms with Crippen LogP contribution in [0.3, 0.4) is 0 Å². The Labute approximate surface area is 48.5 Å². The fraction of sp³-hybridized carbons (Fsp3) is 1.00. The second kappa shape index (κ2) is 2.44. The van der Waals surface area contributed by atoms with E-state index in [0.717, 1.165) is 12.8 Å². The van der Waals surface area contributed by atoms with Gasteiger partial charge in [0.2, 0.25) is 0 Å². The highest BCUT2D eigenvalue weighted by Gasteiger charge is 2.21. The molecule has 1 N–H and O–H groups in total. The van der Waals surface area contributed by atoms with E-state index in [1.165, 1.54) is 0 Å². The Bertz CT molecular complexity index is 64.9. The third-order valence-electron chi connectivity index (χ3n) is 1.65. The topological polar surface area (TPSA) is 20.2 Å². The van der Waals surface area contributed by atoms with Gasteiger partial charge in [0.15, 0.2) is 0 Å². The molecule has 0 aromatic carbocycles. The van der Waals surface area contributed by atoms with Gasteiger partial charge in [-0.15, -0.1) is 0 Å². The quantitative estimate of drug-likeness (QED) is 0.507. The van der Waals surface area contributed by atoms with E-state index in [4.69, 9.17) is 5.11 Å². The summed E-state index contributed by atoms with van der Waals surface area (Å²) in [5, 5.41) is 8.80. The SMILES string of the molecule is O[C@@H]1CCCC[C@@H]1F. The number of halogens is 1. The summed E-state index contributed by atoms with van der Waals surface area (Å²) in [6, 6.07) is 0. The summed E-state index contributed by atoms with van der Waals surface area (Å²) in [7, 11) is 0. The van der Waals surface area contributed by atoms with E-state index >= 15 is 0 Å². The van der Waals surface area contributed by atoms with Gasteiger partial charge in [-0.3, -0.25) is 0 Å². The zero-order valence-electron chi connectivity index (χ0n) is 4.81. The summed E-state index contributed by atoms with van der Waals surface area (Å²) >= 11 is 0. The van der Waals surface area contributed by atoms with Crippen molar-refractivity contribution in [2.75, 3.05) is 0 Å². The van der Waals surface area contributed by atoms with E-state index in [1.807, 2.05) is 0 Å². The van der Waals surface area contributed by atoms with Crippen molar-refractivity contribution in [2.45, 2.75) is 38.0 Å². The maximum atomic E-state index is 12.3. The fourth-order valence-electron chi connectivity index (χ4n) is 1.07. The van der Waals surface area contributed by atoms with Gasteiger partial charge in [-0.05, 0) is 12.8 Å². The van der Waals surface area contributed by atoms with Crippen molar-refractivity contribution in [2.24, 2.45) is 0 Å². The molecule has 1 nitrogen and oxygen atoms in total. The van der Waals surface area contributed by atoms with E-state index in [2.05, 4.69) is 0 Å². The van der Waals surface area contributed by atoms with Gasteiger partial charge >= 0.3 is 0 Å². The van der Waals surface area contributed by atoms with Crippen molar-refractivity contribution in [3.8, 4) is 0 Å². The molecule has 1 saturated carbocycles. The Morgan fingerprint density at radius 2 is 1.88 bits per heavy atom. The van der Waals surface area contributed by atoms with Crippen molar-refractivity contribution in [3.63, 3.8) is 0 Å². The molecule has 0 radical (unpaired) electrons. The summed E-state index contributed by atoms with van der Waals surface area (Å²) in [4.78, 5) is 0. The molecule has 2 heteroatoms. The molecule has 1 aliphatic carbocycles. The molecule has 1 rings (SSSR count). The van der Waals surface area contributed by atoms with Crippen molar-refractivity contribution in [3.05, 3.63) is 0 Å². The minimum absolute atomic E-state index is 0.557. The summed E-state index contributed by atoms with van der Waals surface area (Å²) in [5.74, 6) is 0. The molecular formula is C6H11FO. The maximum Gasteiger partial charge on any atom is 0.126 e. The molecule has 8 heavy (non-hydrogen) atoms. The van der Waals surface area contributed by atoms with Crippen LogP contribution >= 0.6 is 0 Å². The number of alkyl halides is 1. The van der Waals surface area contributed by atoms with Crippen LogP contribution in [0.15, 0.2) is 0 Å². The molecule has 0 heterocycles. The second-order valence-electron chi connectivity index (χ2n) is 2.37. The van der Waals surface area contributed by atoms with Crippen LogP contribution in [0.4, 0.5) is 4.39 Å². The highest BCUT2D eigenvalue weighted by atomic mass is 19.1. The summed E-state index contributed by atoms with van der Waals surface area (Å²) in [6.07, 6.45) is 1.54. The first kappa shape index (κ1) is 6.02. The van der Waals surface area contributed by atoms with Gasteiger partial charge in [-0.1, -0.05) is 12.8 Å². The molecular weight excluding hydrogens is 107 g/mol. The van der Waals surface area contributed by atoms with Crippen molar-refractivity contribution >= 4 is 0 Å². The van der Waals surface area contributed by atoms with Crippen molar-refractivity contribution in [1.82, 2.24) is 0 Å². The Morgan fingerprint density at radius 3 is 2.25 bits per heavy atom. The number of hydrogen-bond donors (Lipinski definition) is 1. The summed E-state index contributed by atoms with van der Waals surface area (Å²) in [6.45, 7) is 0. The molecule has 0 bridgehead atoms. The highest BCUT2D eigenvalue weighted by Crippen LogP contribution is 2.20. The van der Waals surface area contributed by atoms with Gasteiger partial charge < -0.3 is 5.11 Å². The molecule has 2 atom stereocenters. The van der Waals surface area contributed by atoms with Crippen LogP contribution < -0.4 is 0 Å². The predicted octanol–water partition coefficient (Wildman–Crippen LogP) is 1.26. The van der Waals surface area contributed by atoms with Crippen molar-refractivity contribution in [1.29, 1.82) is 0 Å². The second-order valence-corrected chi connectivity index (χ2v) is 2.37. The zero-order valence-corrected chi connectivity index (χ0v) is 4.81. The standard InChI is InChI=1S/C6H11FO/c7-5-3-1-2-4-6(5)8/h5-6,8H,1-4H2/t5-,6+/m0/s1. The van der Waals surface area contributed by atoms with E-state index in [0.29, 0.717) is 12.8 Å². The van der Waals surface area contributed by atoms with Crippen LogP contribution in [0, 0.1) is 0 Å². The Kier molecular flexibility index (Phi) is 1.84. The highest BCUT2D eigenvalue weighted by molar-refractivity contribution is 4.72. The third kappa shape index (κ3) is 1.19. The monoisotopic (exact) mass is 118 g/mol. The molecule has 0 spiro atoms. The van der Waals surface area contributed by atoms with Gasteiger partial charge in [0, 0.05) is 0 Å². The molecule has 48 valence electrons. The zero-order chi connectivity index (χ0) is 5.98. The normalized spacial score (nSPS) is 39.8. The molecule has 0 amide bonds. The van der Waals surface area contributed by atoms with E-state index in [1.54, 1.807) is 0 Å². The van der Waals surface area contributed by atoms with Crippen LogP contribution in [-0.4, -0.2) is 17.4 Å². The van der Waals surface area contributed by atoms with Gasteiger partial charge in [-0.25, -0.2) is 4.39 Å². The van der Waals surface area contributed by atoms with E-state index in [-0.39, 0.29) is 0 Å². The Morgan fingerprint density at radius 1 is 1.25 bits per heavy atom. The lowest BCUT2D eigenvalue weighted by Gasteiger charge is -2.20. The lowest BCUT2D eigenvalue weighted by molar-refractivity contribution is 0.0442. The average Bonchev–Trinajstić information content (AvgIpc) is 1.77. The van der Waals surface area contributed by atoms with E-state index < -0.39 is 12.3 Å². The number of hydrogen-bond acceptors (Lipinski definition) is 1. The number of rotatable bonds is 0. The van der Waals surface area contributed by atoms with Crippen molar-refractivity contribution < 1.29 is 9.50 Å². The number of aliphatic hydroxyl groups is 1. The molecule has 0 aromatic heterocycles. The first-order chi connectivity index (χ1) is 3.80. The van der Waals surface area contributed by atoms with Gasteiger partial charge in [-0.2, -0.15) is 0 Å². The molecule has 0 unspecified atom stereocenters. The molecule has 0 saturated heterocycles. The van der Waals surface area contributed by atoms with Gasteiger partial charge in [0.1, 0.15) is 6.17 Å². The van der Waals surface area contributed by atoms with Crippen LogP contribution in [0.25, 0.3) is 0 Å². The third-order valence-corrected chi connectivity index (χ3v) is 1.65. The van der Waals surface area contributed by atoms with Gasteiger partial charge in [0.25, 0.3) is 0 Å². The first-order valence-electron chi connectivity index (χ1n) is 3.13. The predicted molar refractivity (Wildman–Crippen MR) is 29.4 cm³/mol. The number of aliphatic hydroxyl groups excluding tert-OH is 1. The molecule has 1 aliphatic rings.